The molecule has 1 unspecified atom stereocenters. The minimum absolute atomic E-state index is 0.358. The summed E-state index contributed by atoms with van der Waals surface area (Å²) >= 11 is 0. The number of nitrogens with zero attached hydrogens (tertiary/aromatic N) is 1. The average Bonchev–Trinajstić information content (AvgIpc) is 2.71. The lowest BCUT2D eigenvalue weighted by Crippen LogP contribution is -2.53. The van der Waals surface area contributed by atoms with Crippen molar-refractivity contribution in [3.05, 3.63) is 29.8 Å². The maximum absolute atomic E-state index is 12.8. The first-order chi connectivity index (χ1) is 11.6. The van der Waals surface area contributed by atoms with Gasteiger partial charge in [0, 0.05) is 5.56 Å². The first-order valence-electron chi connectivity index (χ1n) is 8.63. The van der Waals surface area contributed by atoms with Gasteiger partial charge in [-0.2, -0.15) is 0 Å². The van der Waals surface area contributed by atoms with Crippen molar-refractivity contribution in [1.29, 1.82) is 0 Å². The summed E-state index contributed by atoms with van der Waals surface area (Å²) in [4.78, 5) is 26.5. The second kappa shape index (κ2) is 6.94. The van der Waals surface area contributed by atoms with Crippen LogP contribution >= 0.6 is 0 Å². The molecule has 0 bridgehead atoms. The fourth-order valence-corrected chi connectivity index (χ4v) is 3.01. The van der Waals surface area contributed by atoms with E-state index in [9.17, 15) is 9.59 Å². The van der Waals surface area contributed by atoms with Gasteiger partial charge in [-0.1, -0.05) is 25.1 Å². The standard InChI is InChI=1S/C19H28N2O4/c1-7-12-24-16(22)20-15-13-10-8-9-11-14(13)21(19(15,5)6)17(23)25-18(2,3)4/h8-11,15H,7,12H2,1-6H3,(H,20,22). The van der Waals surface area contributed by atoms with Crippen LogP contribution < -0.4 is 10.2 Å². The Morgan fingerprint density at radius 1 is 1.24 bits per heavy atom. The number of nitrogens with one attached hydrogen (secondary N) is 1. The van der Waals surface area contributed by atoms with Crippen molar-refractivity contribution in [1.82, 2.24) is 5.32 Å². The van der Waals surface area contributed by atoms with Crippen LogP contribution in [0.2, 0.25) is 0 Å². The highest BCUT2D eigenvalue weighted by molar-refractivity contribution is 5.93. The largest absolute Gasteiger partial charge is 0.450 e. The predicted molar refractivity (Wildman–Crippen MR) is 96.7 cm³/mol. The van der Waals surface area contributed by atoms with Crippen LogP contribution in [0.15, 0.2) is 24.3 Å². The molecular weight excluding hydrogens is 320 g/mol. The van der Waals surface area contributed by atoms with E-state index in [0.717, 1.165) is 17.7 Å². The van der Waals surface area contributed by atoms with Crippen LogP contribution in [-0.4, -0.2) is 29.9 Å². The molecule has 1 atom stereocenters. The average molecular weight is 348 g/mol. The van der Waals surface area contributed by atoms with E-state index in [1.807, 2.05) is 65.8 Å². The van der Waals surface area contributed by atoms with Gasteiger partial charge in [0.15, 0.2) is 0 Å². The zero-order chi connectivity index (χ0) is 18.8. The number of carbonyl (C=O) groups excluding carboxylic acids is 2. The molecule has 1 aliphatic rings. The first kappa shape index (κ1) is 19.1. The van der Waals surface area contributed by atoms with Crippen LogP contribution in [-0.2, 0) is 9.47 Å². The minimum atomic E-state index is -0.697. The summed E-state index contributed by atoms with van der Waals surface area (Å²) in [7, 11) is 0. The third-order valence-electron chi connectivity index (χ3n) is 4.05. The van der Waals surface area contributed by atoms with E-state index < -0.39 is 23.3 Å². The van der Waals surface area contributed by atoms with Gasteiger partial charge in [-0.15, -0.1) is 0 Å². The predicted octanol–water partition coefficient (Wildman–Crippen LogP) is 4.40. The molecular formula is C19H28N2O4. The zero-order valence-corrected chi connectivity index (χ0v) is 15.9. The van der Waals surface area contributed by atoms with Crippen molar-refractivity contribution in [2.24, 2.45) is 0 Å². The Balaban J connectivity index is 2.34. The van der Waals surface area contributed by atoms with Crippen molar-refractivity contribution < 1.29 is 19.1 Å². The second-order valence-corrected chi connectivity index (χ2v) is 7.74. The molecule has 6 nitrogen and oxygen atoms in total. The molecule has 2 rings (SSSR count). The molecule has 0 aliphatic carbocycles. The molecule has 1 aromatic rings. The van der Waals surface area contributed by atoms with Gasteiger partial charge in [0.1, 0.15) is 5.60 Å². The quantitative estimate of drug-likeness (QED) is 0.879. The van der Waals surface area contributed by atoms with Crippen molar-refractivity contribution in [3.8, 4) is 0 Å². The normalized spacial score (nSPS) is 18.5. The van der Waals surface area contributed by atoms with Gasteiger partial charge in [-0.05, 0) is 47.1 Å². The fourth-order valence-electron chi connectivity index (χ4n) is 3.01. The summed E-state index contributed by atoms with van der Waals surface area (Å²) in [6.07, 6.45) is -0.167. The Labute approximate surface area is 149 Å². The lowest BCUT2D eigenvalue weighted by molar-refractivity contribution is 0.0539. The van der Waals surface area contributed by atoms with E-state index in [1.54, 1.807) is 4.90 Å². The Morgan fingerprint density at radius 2 is 1.88 bits per heavy atom. The molecule has 0 fully saturated rings. The van der Waals surface area contributed by atoms with E-state index in [2.05, 4.69) is 5.32 Å². The number of para-hydroxylation sites is 1. The highest BCUT2D eigenvalue weighted by Crippen LogP contribution is 2.46. The van der Waals surface area contributed by atoms with E-state index >= 15 is 0 Å². The van der Waals surface area contributed by atoms with Gasteiger partial charge >= 0.3 is 12.2 Å². The highest BCUT2D eigenvalue weighted by Gasteiger charge is 2.50. The summed E-state index contributed by atoms with van der Waals surface area (Å²) in [6.45, 7) is 11.6. The minimum Gasteiger partial charge on any atom is -0.450 e. The lowest BCUT2D eigenvalue weighted by Gasteiger charge is -2.37. The van der Waals surface area contributed by atoms with Crippen LogP contribution in [0.5, 0.6) is 0 Å². The van der Waals surface area contributed by atoms with Gasteiger partial charge in [0.05, 0.1) is 23.9 Å². The molecule has 1 heterocycles. The molecule has 138 valence electrons. The summed E-state index contributed by atoms with van der Waals surface area (Å²) in [6, 6.07) is 7.14. The number of carbonyl (C=O) groups is 2. The second-order valence-electron chi connectivity index (χ2n) is 7.74. The topological polar surface area (TPSA) is 67.9 Å². The van der Waals surface area contributed by atoms with Gasteiger partial charge in [-0.3, -0.25) is 4.90 Å². The number of fused-ring (bicyclic) bond motifs is 1. The van der Waals surface area contributed by atoms with Crippen LogP contribution in [0.3, 0.4) is 0 Å². The van der Waals surface area contributed by atoms with E-state index in [4.69, 9.17) is 9.47 Å². The molecule has 1 N–H and O–H groups in total. The van der Waals surface area contributed by atoms with E-state index in [1.165, 1.54) is 0 Å². The van der Waals surface area contributed by atoms with Crippen LogP contribution in [0.1, 0.15) is 59.6 Å². The number of alkyl carbamates (subject to hydrolysis) is 1. The van der Waals surface area contributed by atoms with Gasteiger partial charge in [0.25, 0.3) is 0 Å². The third kappa shape index (κ3) is 4.06. The number of hydrogen-bond acceptors (Lipinski definition) is 4. The molecule has 0 radical (unpaired) electrons. The first-order valence-corrected chi connectivity index (χ1v) is 8.63. The molecule has 0 aromatic heterocycles. The summed E-state index contributed by atoms with van der Waals surface area (Å²) in [5, 5.41) is 2.90. The SMILES string of the molecule is CCCOC(=O)NC1c2ccccc2N(C(=O)OC(C)(C)C)C1(C)C. The molecule has 0 saturated heterocycles. The monoisotopic (exact) mass is 348 g/mol. The van der Waals surface area contributed by atoms with Crippen molar-refractivity contribution in [3.63, 3.8) is 0 Å². The van der Waals surface area contributed by atoms with Crippen LogP contribution in [0.4, 0.5) is 15.3 Å². The third-order valence-corrected chi connectivity index (χ3v) is 4.05. The molecule has 0 saturated carbocycles. The molecule has 0 spiro atoms. The van der Waals surface area contributed by atoms with Crippen molar-refractivity contribution in [2.45, 2.75) is 65.1 Å². The number of ether oxygens (including phenoxy) is 2. The summed E-state index contributed by atoms with van der Waals surface area (Å²) in [5.41, 5.74) is 0.305. The van der Waals surface area contributed by atoms with Crippen LogP contribution in [0.25, 0.3) is 0 Å². The summed E-state index contributed by atoms with van der Waals surface area (Å²) in [5.74, 6) is 0. The molecule has 1 aliphatic heterocycles. The number of hydrogen-bond donors (Lipinski definition) is 1. The molecule has 6 heteroatoms. The Morgan fingerprint density at radius 3 is 2.48 bits per heavy atom. The zero-order valence-electron chi connectivity index (χ0n) is 15.9. The van der Waals surface area contributed by atoms with Gasteiger partial charge in [-0.25, -0.2) is 9.59 Å². The summed E-state index contributed by atoms with van der Waals surface area (Å²) < 4.78 is 10.7. The van der Waals surface area contributed by atoms with Crippen molar-refractivity contribution in [2.75, 3.05) is 11.5 Å². The molecule has 2 amide bonds. The number of anilines is 1. The Hall–Kier alpha value is -2.24. The van der Waals surface area contributed by atoms with Crippen LogP contribution in [0, 0.1) is 0 Å². The number of rotatable bonds is 3. The number of amides is 2. The molecule has 1 aromatic carbocycles. The van der Waals surface area contributed by atoms with Gasteiger partial charge in [0.2, 0.25) is 0 Å². The lowest BCUT2D eigenvalue weighted by atomic mass is 9.93. The van der Waals surface area contributed by atoms with Crippen molar-refractivity contribution >= 4 is 17.9 Å². The van der Waals surface area contributed by atoms with Gasteiger partial charge < -0.3 is 14.8 Å². The Kier molecular flexibility index (Phi) is 5.30. The maximum atomic E-state index is 12.8. The smallest absolute Gasteiger partial charge is 0.415 e. The van der Waals surface area contributed by atoms with E-state index in [-0.39, 0.29) is 6.04 Å². The van der Waals surface area contributed by atoms with E-state index in [0.29, 0.717) is 6.61 Å². The Bertz CT molecular complexity index is 649. The fraction of sp³-hybridized carbons (Fsp3) is 0.579. The highest BCUT2D eigenvalue weighted by atomic mass is 16.6. The number of benzene rings is 1. The maximum Gasteiger partial charge on any atom is 0.415 e. The molecule has 25 heavy (non-hydrogen) atoms.